The number of Topliss-reactive ketones (excluding diaryl/α,β-unsaturated/α-hetero) is 1. The van der Waals surface area contributed by atoms with Gasteiger partial charge in [-0.25, -0.2) is 0 Å². The van der Waals surface area contributed by atoms with E-state index in [-0.39, 0.29) is 11.3 Å². The van der Waals surface area contributed by atoms with E-state index >= 15 is 0 Å². The average Bonchev–Trinajstić information content (AvgIpc) is 2.42. The van der Waals surface area contributed by atoms with Gasteiger partial charge in [-0.05, 0) is 35.8 Å². The molecular formula is C15H16ClNO2S. The van der Waals surface area contributed by atoms with Gasteiger partial charge in [-0.1, -0.05) is 24.9 Å². The first kappa shape index (κ1) is 15.1. The molecule has 2 aromatic rings. The average molecular weight is 310 g/mol. The normalized spacial score (nSPS) is 10.9. The fourth-order valence-electron chi connectivity index (χ4n) is 1.88. The van der Waals surface area contributed by atoms with Crippen LogP contribution >= 0.6 is 23.4 Å². The van der Waals surface area contributed by atoms with Gasteiger partial charge < -0.3 is 4.98 Å². The van der Waals surface area contributed by atoms with Crippen LogP contribution in [0.3, 0.4) is 0 Å². The van der Waals surface area contributed by atoms with Gasteiger partial charge in [-0.15, -0.1) is 0 Å². The number of pyridine rings is 1. The van der Waals surface area contributed by atoms with Crippen molar-refractivity contribution in [3.05, 3.63) is 45.2 Å². The number of unbranched alkanes of at least 4 members (excludes halogenated alkanes) is 1. The van der Waals surface area contributed by atoms with Gasteiger partial charge in [0.05, 0.1) is 10.8 Å². The maximum Gasteiger partial charge on any atom is 0.248 e. The second-order valence-electron chi connectivity index (χ2n) is 4.57. The molecule has 20 heavy (non-hydrogen) atoms. The van der Waals surface area contributed by atoms with Crippen molar-refractivity contribution < 1.29 is 4.79 Å². The van der Waals surface area contributed by atoms with E-state index in [2.05, 4.69) is 11.9 Å². The second-order valence-corrected chi connectivity index (χ2v) is 6.08. The predicted octanol–water partition coefficient (Wildman–Crippen LogP) is 3.90. The minimum atomic E-state index is -0.178. The first-order chi connectivity index (χ1) is 9.61. The molecule has 2 rings (SSSR count). The van der Waals surface area contributed by atoms with E-state index in [1.54, 1.807) is 30.0 Å². The van der Waals surface area contributed by atoms with Gasteiger partial charge in [-0.2, -0.15) is 11.8 Å². The molecule has 0 atom stereocenters. The van der Waals surface area contributed by atoms with Gasteiger partial charge in [0.15, 0.2) is 5.78 Å². The number of rotatable bonds is 6. The largest absolute Gasteiger partial charge is 0.322 e. The van der Waals surface area contributed by atoms with Crippen LogP contribution in [0.15, 0.2) is 29.1 Å². The van der Waals surface area contributed by atoms with Crippen LogP contribution in [-0.4, -0.2) is 22.3 Å². The molecule has 1 N–H and O–H groups in total. The number of H-pyrrole nitrogens is 1. The number of hydrogen-bond donors (Lipinski definition) is 1. The lowest BCUT2D eigenvalue weighted by atomic mass is 10.1. The van der Waals surface area contributed by atoms with E-state index in [0.717, 1.165) is 24.0 Å². The van der Waals surface area contributed by atoms with Crippen molar-refractivity contribution in [3.8, 4) is 0 Å². The van der Waals surface area contributed by atoms with Crippen molar-refractivity contribution in [1.29, 1.82) is 0 Å². The summed E-state index contributed by atoms with van der Waals surface area (Å²) in [4.78, 5) is 26.1. The number of carbonyl (C=O) groups excluding carboxylic acids is 1. The first-order valence-corrected chi connectivity index (χ1v) is 8.08. The van der Waals surface area contributed by atoms with E-state index in [1.807, 2.05) is 0 Å². The zero-order chi connectivity index (χ0) is 14.5. The number of benzene rings is 1. The number of thioether (sulfide) groups is 1. The zero-order valence-corrected chi connectivity index (χ0v) is 12.8. The summed E-state index contributed by atoms with van der Waals surface area (Å²) in [6, 6.07) is 6.53. The van der Waals surface area contributed by atoms with Gasteiger partial charge in [-0.3, -0.25) is 9.59 Å². The van der Waals surface area contributed by atoms with E-state index in [9.17, 15) is 9.59 Å². The summed E-state index contributed by atoms with van der Waals surface area (Å²) in [6.07, 6.45) is 2.25. The molecule has 0 spiro atoms. The highest BCUT2D eigenvalue weighted by molar-refractivity contribution is 7.99. The molecule has 0 saturated heterocycles. The van der Waals surface area contributed by atoms with Gasteiger partial charge in [0.1, 0.15) is 0 Å². The Morgan fingerprint density at radius 1 is 1.35 bits per heavy atom. The molecule has 0 fully saturated rings. The number of halogens is 1. The number of ketones is 1. The lowest BCUT2D eigenvalue weighted by Crippen LogP contribution is -2.06. The van der Waals surface area contributed by atoms with Gasteiger partial charge in [0, 0.05) is 17.1 Å². The van der Waals surface area contributed by atoms with Gasteiger partial charge in [0.25, 0.3) is 0 Å². The Morgan fingerprint density at radius 2 is 2.15 bits per heavy atom. The van der Waals surface area contributed by atoms with Gasteiger partial charge >= 0.3 is 0 Å². The molecule has 0 unspecified atom stereocenters. The third-order valence-corrected chi connectivity index (χ3v) is 4.34. The van der Waals surface area contributed by atoms with Crippen molar-refractivity contribution in [2.75, 3.05) is 11.5 Å². The minimum Gasteiger partial charge on any atom is -0.322 e. The van der Waals surface area contributed by atoms with Crippen LogP contribution in [0, 0.1) is 0 Å². The Bertz CT molecular complexity index is 681. The van der Waals surface area contributed by atoms with Crippen molar-refractivity contribution in [2.24, 2.45) is 0 Å². The Hall–Kier alpha value is -1.26. The molecule has 0 amide bonds. The Kier molecular flexibility index (Phi) is 5.26. The zero-order valence-electron chi connectivity index (χ0n) is 11.2. The lowest BCUT2D eigenvalue weighted by Gasteiger charge is -2.06. The van der Waals surface area contributed by atoms with E-state index in [4.69, 9.17) is 11.6 Å². The number of aromatic nitrogens is 1. The topological polar surface area (TPSA) is 49.9 Å². The predicted molar refractivity (Wildman–Crippen MR) is 86.1 cm³/mol. The van der Waals surface area contributed by atoms with Crippen LogP contribution in [0.5, 0.6) is 0 Å². The Morgan fingerprint density at radius 3 is 2.90 bits per heavy atom. The molecule has 0 aliphatic carbocycles. The first-order valence-electron chi connectivity index (χ1n) is 6.55. The van der Waals surface area contributed by atoms with Crippen molar-refractivity contribution in [3.63, 3.8) is 0 Å². The molecule has 3 nitrogen and oxygen atoms in total. The third kappa shape index (κ3) is 3.64. The van der Waals surface area contributed by atoms with E-state index < -0.39 is 0 Å². The molecule has 1 aromatic carbocycles. The standard InChI is InChI=1S/C15H16ClNO2S/c1-2-3-6-20-9-14(18)11-7-10-4-5-15(19)17-13(10)8-12(11)16/h4-5,7-8H,2-3,6,9H2,1H3,(H,17,19). The Labute approximate surface area is 126 Å². The van der Waals surface area contributed by atoms with Crippen LogP contribution < -0.4 is 5.56 Å². The minimum absolute atomic E-state index is 0.0317. The highest BCUT2D eigenvalue weighted by Crippen LogP contribution is 2.23. The monoisotopic (exact) mass is 309 g/mol. The Balaban J connectivity index is 2.21. The van der Waals surface area contributed by atoms with Gasteiger partial charge in [0.2, 0.25) is 5.56 Å². The summed E-state index contributed by atoms with van der Waals surface area (Å²) in [5.41, 5.74) is 0.996. The molecule has 0 saturated carbocycles. The van der Waals surface area contributed by atoms with Crippen molar-refractivity contribution in [1.82, 2.24) is 4.98 Å². The molecule has 106 valence electrons. The summed E-state index contributed by atoms with van der Waals surface area (Å²) in [5, 5.41) is 1.20. The fourth-order valence-corrected chi connectivity index (χ4v) is 3.13. The van der Waals surface area contributed by atoms with Crippen molar-refractivity contribution in [2.45, 2.75) is 19.8 Å². The number of hydrogen-bond acceptors (Lipinski definition) is 3. The highest BCUT2D eigenvalue weighted by Gasteiger charge is 2.12. The van der Waals surface area contributed by atoms with E-state index in [0.29, 0.717) is 21.9 Å². The molecule has 1 heterocycles. The molecule has 0 aliphatic rings. The SMILES string of the molecule is CCCCSCC(=O)c1cc2ccc(=O)[nH]c2cc1Cl. The third-order valence-electron chi connectivity index (χ3n) is 2.99. The number of fused-ring (bicyclic) bond motifs is 1. The number of nitrogens with one attached hydrogen (secondary N) is 1. The second kappa shape index (κ2) is 6.95. The smallest absolute Gasteiger partial charge is 0.248 e. The van der Waals surface area contributed by atoms with Crippen LogP contribution in [0.2, 0.25) is 5.02 Å². The summed E-state index contributed by atoms with van der Waals surface area (Å²) >= 11 is 7.77. The summed E-state index contributed by atoms with van der Waals surface area (Å²) in [7, 11) is 0. The quantitative estimate of drug-likeness (QED) is 0.650. The molecule has 5 heteroatoms. The molecule has 0 radical (unpaired) electrons. The van der Waals surface area contributed by atoms with Crippen molar-refractivity contribution >= 4 is 40.0 Å². The van der Waals surface area contributed by atoms with Crippen LogP contribution in [0.4, 0.5) is 0 Å². The van der Waals surface area contributed by atoms with E-state index in [1.165, 1.54) is 6.07 Å². The fraction of sp³-hybridized carbons (Fsp3) is 0.333. The molecule has 0 aliphatic heterocycles. The maximum absolute atomic E-state index is 12.2. The lowest BCUT2D eigenvalue weighted by molar-refractivity contribution is 0.102. The molecule has 1 aromatic heterocycles. The highest BCUT2D eigenvalue weighted by atomic mass is 35.5. The maximum atomic E-state index is 12.2. The number of aromatic amines is 1. The van der Waals surface area contributed by atoms with Crippen LogP contribution in [0.1, 0.15) is 30.1 Å². The summed E-state index contributed by atoms with van der Waals surface area (Å²) in [6.45, 7) is 2.13. The molecular weight excluding hydrogens is 294 g/mol. The molecule has 0 bridgehead atoms. The summed E-state index contributed by atoms with van der Waals surface area (Å²) < 4.78 is 0. The number of carbonyl (C=O) groups is 1. The van der Waals surface area contributed by atoms with Crippen LogP contribution in [0.25, 0.3) is 10.9 Å². The summed E-state index contributed by atoms with van der Waals surface area (Å²) in [5.74, 6) is 1.46. The van der Waals surface area contributed by atoms with Crippen LogP contribution in [-0.2, 0) is 0 Å².